The minimum absolute atomic E-state index is 0.0972. The van der Waals surface area contributed by atoms with Gasteiger partial charge in [0.15, 0.2) is 11.5 Å². The summed E-state index contributed by atoms with van der Waals surface area (Å²) in [6.07, 6.45) is -0.591. The molecule has 0 saturated heterocycles. The molecule has 2 aliphatic rings. The number of carbonyl (C=O) groups excluding carboxylic acids is 2. The number of nitrogens with zero attached hydrogens (tertiary/aromatic N) is 3. The van der Waals surface area contributed by atoms with Gasteiger partial charge in [-0.05, 0) is 61.6 Å². The van der Waals surface area contributed by atoms with Gasteiger partial charge >= 0.3 is 16.3 Å². The van der Waals surface area contributed by atoms with Crippen molar-refractivity contribution in [3.05, 3.63) is 58.1 Å². The second-order valence-corrected chi connectivity index (χ2v) is 11.1. The van der Waals surface area contributed by atoms with E-state index in [1.165, 1.54) is 18.5 Å². The summed E-state index contributed by atoms with van der Waals surface area (Å²) in [5.74, 6) is 0.438. The molecular formula is C24H28N4O7S. The van der Waals surface area contributed by atoms with E-state index in [4.69, 9.17) is 14.2 Å². The van der Waals surface area contributed by atoms with Gasteiger partial charge in [0.2, 0.25) is 0 Å². The zero-order chi connectivity index (χ0) is 26.3. The fraction of sp³-hybridized carbons (Fsp3) is 0.417. The molecule has 0 aliphatic carbocycles. The number of carbonyl (C=O) groups is 2. The van der Waals surface area contributed by atoms with Crippen LogP contribution in [0.25, 0.3) is 0 Å². The first-order valence-corrected chi connectivity index (χ1v) is 12.7. The third-order valence-corrected chi connectivity index (χ3v) is 7.24. The van der Waals surface area contributed by atoms with Gasteiger partial charge in [-0.15, -0.1) is 5.11 Å². The molecule has 2 aliphatic heterocycles. The Labute approximate surface area is 209 Å². The molecule has 1 N–H and O–H groups in total. The monoisotopic (exact) mass is 516 g/mol. The van der Waals surface area contributed by atoms with Crippen LogP contribution in [0.1, 0.15) is 59.4 Å². The summed E-state index contributed by atoms with van der Waals surface area (Å²) < 4.78 is 44.4. The van der Waals surface area contributed by atoms with Gasteiger partial charge in [-0.1, -0.05) is 18.2 Å². The number of fused-ring (bicyclic) bond motifs is 2. The molecule has 4 rings (SSSR count). The molecule has 1 unspecified atom stereocenters. The van der Waals surface area contributed by atoms with Gasteiger partial charge in [0.25, 0.3) is 5.91 Å². The van der Waals surface area contributed by atoms with Crippen LogP contribution in [0.3, 0.4) is 0 Å². The maximum atomic E-state index is 12.7. The van der Waals surface area contributed by atoms with Crippen LogP contribution >= 0.6 is 0 Å². The topological polar surface area (TPSA) is 136 Å². The van der Waals surface area contributed by atoms with E-state index < -0.39 is 33.9 Å². The molecule has 2 aromatic carbocycles. The van der Waals surface area contributed by atoms with E-state index in [0.29, 0.717) is 29.0 Å². The van der Waals surface area contributed by atoms with Crippen LogP contribution in [0.15, 0.2) is 40.6 Å². The number of hydrogen-bond donors (Lipinski definition) is 1. The number of nitrogens with one attached hydrogen (secondary N) is 1. The molecule has 0 aromatic heterocycles. The lowest BCUT2D eigenvalue weighted by Crippen LogP contribution is -2.47. The SMILES string of the molecule is COc1cc2c(cc1OC)C(c1ccc3c(c1)CCN(S(=O)(=O)NC(=O)OC(C)(C)C)C3)N=NC2=O. The van der Waals surface area contributed by atoms with Gasteiger partial charge in [-0.3, -0.25) is 4.79 Å². The Hall–Kier alpha value is -3.51. The lowest BCUT2D eigenvalue weighted by atomic mass is 9.90. The third-order valence-electron chi connectivity index (χ3n) is 5.82. The first-order chi connectivity index (χ1) is 16.9. The minimum atomic E-state index is -4.08. The van der Waals surface area contributed by atoms with Gasteiger partial charge in [0.1, 0.15) is 11.6 Å². The Bertz CT molecular complexity index is 1350. The smallest absolute Gasteiger partial charge is 0.422 e. The highest BCUT2D eigenvalue weighted by Crippen LogP contribution is 2.40. The first kappa shape index (κ1) is 25.6. The zero-order valence-corrected chi connectivity index (χ0v) is 21.5. The standard InChI is InChI=1S/C24H28N4O7S/c1-24(2,3)35-23(30)27-36(31,32)28-9-8-14-10-15(6-7-16(14)13-28)21-17-11-19(33-4)20(34-5)12-18(17)22(29)26-25-21/h6-7,10-12,21H,8-9,13H2,1-5H3,(H,27,30). The quantitative estimate of drug-likeness (QED) is 0.642. The molecule has 2 amide bonds. The average Bonchev–Trinajstić information content (AvgIpc) is 2.81. The van der Waals surface area contributed by atoms with Crippen molar-refractivity contribution in [2.45, 2.75) is 45.4 Å². The van der Waals surface area contributed by atoms with Crippen LogP contribution in [0.4, 0.5) is 4.79 Å². The van der Waals surface area contributed by atoms with E-state index in [-0.39, 0.29) is 13.1 Å². The van der Waals surface area contributed by atoms with Crippen LogP contribution < -0.4 is 14.2 Å². The van der Waals surface area contributed by atoms with Crippen LogP contribution in [0.2, 0.25) is 0 Å². The highest BCUT2D eigenvalue weighted by atomic mass is 32.2. The number of amides is 2. The van der Waals surface area contributed by atoms with Crippen molar-refractivity contribution in [3.8, 4) is 11.5 Å². The Morgan fingerprint density at radius 2 is 1.78 bits per heavy atom. The highest BCUT2D eigenvalue weighted by molar-refractivity contribution is 7.87. The van der Waals surface area contributed by atoms with E-state index in [2.05, 4.69) is 10.2 Å². The van der Waals surface area contributed by atoms with E-state index in [0.717, 1.165) is 16.7 Å². The molecular weight excluding hydrogens is 488 g/mol. The van der Waals surface area contributed by atoms with Crippen LogP contribution in [-0.2, 0) is 27.9 Å². The normalized spacial score (nSPS) is 17.7. The van der Waals surface area contributed by atoms with E-state index >= 15 is 0 Å². The molecule has 36 heavy (non-hydrogen) atoms. The predicted molar refractivity (Wildman–Crippen MR) is 129 cm³/mol. The van der Waals surface area contributed by atoms with Crippen LogP contribution in [0.5, 0.6) is 11.5 Å². The summed E-state index contributed by atoms with van der Waals surface area (Å²) >= 11 is 0. The largest absolute Gasteiger partial charge is 0.493 e. The zero-order valence-electron chi connectivity index (χ0n) is 20.7. The molecule has 11 nitrogen and oxygen atoms in total. The van der Waals surface area contributed by atoms with Gasteiger partial charge in [0, 0.05) is 13.1 Å². The number of benzene rings is 2. The number of methoxy groups -OCH3 is 2. The van der Waals surface area contributed by atoms with Gasteiger partial charge in [0.05, 0.1) is 19.8 Å². The molecule has 0 radical (unpaired) electrons. The Kier molecular flexibility index (Phi) is 6.76. The van der Waals surface area contributed by atoms with Gasteiger partial charge < -0.3 is 14.2 Å². The first-order valence-electron chi connectivity index (χ1n) is 11.3. The van der Waals surface area contributed by atoms with Crippen molar-refractivity contribution >= 4 is 22.2 Å². The van der Waals surface area contributed by atoms with Crippen molar-refractivity contribution in [2.24, 2.45) is 10.2 Å². The van der Waals surface area contributed by atoms with Crippen molar-refractivity contribution in [1.82, 2.24) is 9.03 Å². The average molecular weight is 517 g/mol. The predicted octanol–water partition coefficient (Wildman–Crippen LogP) is 3.53. The summed E-state index contributed by atoms with van der Waals surface area (Å²) in [6, 6.07) is 8.40. The van der Waals surface area contributed by atoms with E-state index in [9.17, 15) is 18.0 Å². The molecule has 1 atom stereocenters. The maximum Gasteiger partial charge on any atom is 0.422 e. The molecule has 192 valence electrons. The molecule has 0 spiro atoms. The summed E-state index contributed by atoms with van der Waals surface area (Å²) in [4.78, 5) is 24.4. The fourth-order valence-electron chi connectivity index (χ4n) is 4.17. The fourth-order valence-corrected chi connectivity index (χ4v) is 5.19. The van der Waals surface area contributed by atoms with Crippen molar-refractivity contribution in [2.75, 3.05) is 20.8 Å². The Morgan fingerprint density at radius 3 is 2.44 bits per heavy atom. The highest BCUT2D eigenvalue weighted by Gasteiger charge is 2.32. The lowest BCUT2D eigenvalue weighted by Gasteiger charge is -2.29. The Balaban J connectivity index is 1.58. The van der Waals surface area contributed by atoms with Crippen molar-refractivity contribution in [1.29, 1.82) is 0 Å². The molecule has 2 heterocycles. The molecule has 12 heteroatoms. The number of azo groups is 1. The number of hydrogen-bond acceptors (Lipinski definition) is 8. The summed E-state index contributed by atoms with van der Waals surface area (Å²) in [6.45, 7) is 5.24. The van der Waals surface area contributed by atoms with Crippen LogP contribution in [-0.4, -0.2) is 51.1 Å². The summed E-state index contributed by atoms with van der Waals surface area (Å²) in [5.41, 5.74) is 2.77. The number of rotatable bonds is 5. The lowest BCUT2D eigenvalue weighted by molar-refractivity contribution is 0.0566. The van der Waals surface area contributed by atoms with Crippen molar-refractivity contribution < 1.29 is 32.2 Å². The second-order valence-electron chi connectivity index (χ2n) is 9.44. The van der Waals surface area contributed by atoms with Crippen LogP contribution in [0, 0.1) is 0 Å². The molecule has 2 aromatic rings. The maximum absolute atomic E-state index is 12.7. The van der Waals surface area contributed by atoms with E-state index in [1.54, 1.807) is 32.9 Å². The third kappa shape index (κ3) is 5.19. The summed E-state index contributed by atoms with van der Waals surface area (Å²) in [7, 11) is -1.07. The van der Waals surface area contributed by atoms with Crippen molar-refractivity contribution in [3.63, 3.8) is 0 Å². The van der Waals surface area contributed by atoms with Gasteiger partial charge in [-0.25, -0.2) is 9.52 Å². The minimum Gasteiger partial charge on any atom is -0.493 e. The van der Waals surface area contributed by atoms with Gasteiger partial charge in [-0.2, -0.15) is 17.8 Å². The molecule has 0 fully saturated rings. The Morgan fingerprint density at radius 1 is 1.08 bits per heavy atom. The second kappa shape index (κ2) is 9.51. The van der Waals surface area contributed by atoms with E-state index in [1.807, 2.05) is 22.9 Å². The summed E-state index contributed by atoms with van der Waals surface area (Å²) in [5, 5.41) is 8.05. The molecule has 0 bridgehead atoms. The molecule has 0 saturated carbocycles. The number of ether oxygens (including phenoxy) is 3.